The van der Waals surface area contributed by atoms with Crippen molar-refractivity contribution in [3.63, 3.8) is 0 Å². The van der Waals surface area contributed by atoms with Crippen LogP contribution in [0.1, 0.15) is 24.4 Å². The van der Waals surface area contributed by atoms with Crippen LogP contribution in [0.2, 0.25) is 0 Å². The summed E-state index contributed by atoms with van der Waals surface area (Å²) in [7, 11) is 0. The fraction of sp³-hybridized carbons (Fsp3) is 0.455. The molecule has 1 N–H and O–H groups in total. The fourth-order valence-corrected chi connectivity index (χ4v) is 2.16. The van der Waals surface area contributed by atoms with E-state index in [-0.39, 0.29) is 24.4 Å². The lowest BCUT2D eigenvalue weighted by Gasteiger charge is -2.11. The van der Waals surface area contributed by atoms with Crippen molar-refractivity contribution in [2.75, 3.05) is 13.3 Å². The zero-order valence-corrected chi connectivity index (χ0v) is 8.25. The second kappa shape index (κ2) is 3.38. The van der Waals surface area contributed by atoms with E-state index in [2.05, 4.69) is 5.32 Å². The first-order valence-corrected chi connectivity index (χ1v) is 5.17. The zero-order chi connectivity index (χ0) is 10.3. The van der Waals surface area contributed by atoms with Crippen molar-refractivity contribution < 1.29 is 13.9 Å². The maximum absolute atomic E-state index is 13.6. The molecule has 1 aromatic rings. The van der Waals surface area contributed by atoms with Crippen molar-refractivity contribution in [1.29, 1.82) is 0 Å². The molecule has 0 saturated carbocycles. The molecule has 1 aromatic carbocycles. The average Bonchev–Trinajstić information content (AvgIpc) is 2.88. The zero-order valence-electron chi connectivity index (χ0n) is 8.25. The lowest BCUT2D eigenvalue weighted by molar-refractivity contribution is 0.171. The second-order valence-corrected chi connectivity index (χ2v) is 3.89. The van der Waals surface area contributed by atoms with E-state index in [0.29, 0.717) is 5.75 Å². The van der Waals surface area contributed by atoms with Gasteiger partial charge in [0.25, 0.3) is 0 Å². The number of rotatable bonds is 1. The Balaban J connectivity index is 1.99. The van der Waals surface area contributed by atoms with Crippen LogP contribution in [-0.4, -0.2) is 13.3 Å². The van der Waals surface area contributed by atoms with Crippen LogP contribution in [0.4, 0.5) is 4.39 Å². The van der Waals surface area contributed by atoms with Crippen LogP contribution in [0.15, 0.2) is 12.1 Å². The topological polar surface area (TPSA) is 30.5 Å². The van der Waals surface area contributed by atoms with Gasteiger partial charge < -0.3 is 14.8 Å². The number of benzene rings is 1. The van der Waals surface area contributed by atoms with Gasteiger partial charge >= 0.3 is 0 Å². The summed E-state index contributed by atoms with van der Waals surface area (Å²) in [5, 5.41) is 3.33. The summed E-state index contributed by atoms with van der Waals surface area (Å²) >= 11 is 0. The lowest BCUT2D eigenvalue weighted by Crippen LogP contribution is -2.12. The van der Waals surface area contributed by atoms with Gasteiger partial charge in [-0.3, -0.25) is 0 Å². The van der Waals surface area contributed by atoms with Gasteiger partial charge in [0, 0.05) is 6.04 Å². The summed E-state index contributed by atoms with van der Waals surface area (Å²) in [4.78, 5) is 0. The van der Waals surface area contributed by atoms with E-state index in [1.807, 2.05) is 6.07 Å². The quantitative estimate of drug-likeness (QED) is 0.767. The van der Waals surface area contributed by atoms with E-state index in [9.17, 15) is 4.39 Å². The third-order valence-electron chi connectivity index (χ3n) is 2.91. The van der Waals surface area contributed by atoms with E-state index < -0.39 is 0 Å². The number of nitrogens with one attached hydrogen (secondary N) is 1. The molecule has 15 heavy (non-hydrogen) atoms. The molecular formula is C11H12FNO2. The second-order valence-electron chi connectivity index (χ2n) is 3.89. The van der Waals surface area contributed by atoms with Gasteiger partial charge in [0.2, 0.25) is 12.5 Å². The highest BCUT2D eigenvalue weighted by Gasteiger charge is 2.23. The molecule has 0 bridgehead atoms. The van der Waals surface area contributed by atoms with E-state index in [4.69, 9.17) is 9.47 Å². The Bertz CT molecular complexity index is 388. The van der Waals surface area contributed by atoms with Gasteiger partial charge in [-0.15, -0.1) is 0 Å². The molecule has 4 heteroatoms. The minimum atomic E-state index is -0.325. The first kappa shape index (κ1) is 8.97. The SMILES string of the molecule is Fc1cc(C2CCCN2)cc2c1OCO2. The van der Waals surface area contributed by atoms with E-state index in [0.717, 1.165) is 24.9 Å². The van der Waals surface area contributed by atoms with Crippen LogP contribution in [0.3, 0.4) is 0 Å². The van der Waals surface area contributed by atoms with Gasteiger partial charge in [-0.1, -0.05) is 0 Å². The molecule has 3 nitrogen and oxygen atoms in total. The van der Waals surface area contributed by atoms with Crippen molar-refractivity contribution in [3.8, 4) is 11.5 Å². The maximum Gasteiger partial charge on any atom is 0.231 e. The highest BCUT2D eigenvalue weighted by molar-refractivity contribution is 5.46. The molecule has 2 aliphatic rings. The Morgan fingerprint density at radius 3 is 3.07 bits per heavy atom. The minimum Gasteiger partial charge on any atom is -0.453 e. The third kappa shape index (κ3) is 1.45. The van der Waals surface area contributed by atoms with E-state index >= 15 is 0 Å². The van der Waals surface area contributed by atoms with E-state index in [1.54, 1.807) is 0 Å². The van der Waals surface area contributed by atoms with Gasteiger partial charge in [0.1, 0.15) is 0 Å². The van der Waals surface area contributed by atoms with Crippen molar-refractivity contribution in [2.45, 2.75) is 18.9 Å². The van der Waals surface area contributed by atoms with Crippen LogP contribution >= 0.6 is 0 Å². The van der Waals surface area contributed by atoms with Gasteiger partial charge in [-0.2, -0.15) is 0 Å². The van der Waals surface area contributed by atoms with Crippen LogP contribution in [-0.2, 0) is 0 Å². The van der Waals surface area contributed by atoms with Crippen molar-refractivity contribution >= 4 is 0 Å². The van der Waals surface area contributed by atoms with Gasteiger partial charge in [0.15, 0.2) is 11.6 Å². The highest BCUT2D eigenvalue weighted by atomic mass is 19.1. The molecule has 1 atom stereocenters. The molecule has 0 amide bonds. The average molecular weight is 209 g/mol. The number of hydrogen-bond donors (Lipinski definition) is 1. The van der Waals surface area contributed by atoms with Gasteiger partial charge in [0.05, 0.1) is 0 Å². The molecule has 2 heterocycles. The molecular weight excluding hydrogens is 197 g/mol. The molecule has 2 aliphatic heterocycles. The molecule has 0 aliphatic carbocycles. The van der Waals surface area contributed by atoms with Crippen LogP contribution in [0.5, 0.6) is 11.5 Å². The first-order chi connectivity index (χ1) is 7.34. The Morgan fingerprint density at radius 1 is 1.33 bits per heavy atom. The van der Waals surface area contributed by atoms with Crippen LogP contribution < -0.4 is 14.8 Å². The summed E-state index contributed by atoms with van der Waals surface area (Å²) in [6.07, 6.45) is 2.19. The molecule has 0 radical (unpaired) electrons. The summed E-state index contributed by atoms with van der Waals surface area (Å²) in [5.41, 5.74) is 0.953. The molecule has 3 rings (SSSR count). The summed E-state index contributed by atoms with van der Waals surface area (Å²) < 4.78 is 23.8. The molecule has 0 aromatic heterocycles. The van der Waals surface area contributed by atoms with E-state index in [1.165, 1.54) is 6.07 Å². The monoisotopic (exact) mass is 209 g/mol. The Labute approximate surface area is 87.2 Å². The number of hydrogen-bond acceptors (Lipinski definition) is 3. The molecule has 80 valence electrons. The predicted octanol–water partition coefficient (Wildman–Crippen LogP) is 1.98. The lowest BCUT2D eigenvalue weighted by atomic mass is 10.0. The smallest absolute Gasteiger partial charge is 0.231 e. The largest absolute Gasteiger partial charge is 0.453 e. The van der Waals surface area contributed by atoms with Gasteiger partial charge in [-0.05, 0) is 37.1 Å². The summed E-state index contributed by atoms with van der Waals surface area (Å²) in [6.45, 7) is 1.12. The Hall–Kier alpha value is -1.29. The maximum atomic E-state index is 13.6. The van der Waals surface area contributed by atoms with Gasteiger partial charge in [-0.25, -0.2) is 4.39 Å². The van der Waals surface area contributed by atoms with Crippen LogP contribution in [0.25, 0.3) is 0 Å². The molecule has 1 fully saturated rings. The summed E-state index contributed by atoms with van der Waals surface area (Å²) in [6, 6.07) is 3.67. The van der Waals surface area contributed by atoms with Crippen molar-refractivity contribution in [3.05, 3.63) is 23.5 Å². The number of fused-ring (bicyclic) bond motifs is 1. The fourth-order valence-electron chi connectivity index (χ4n) is 2.16. The molecule has 1 saturated heterocycles. The Morgan fingerprint density at radius 2 is 2.27 bits per heavy atom. The predicted molar refractivity (Wildman–Crippen MR) is 52.5 cm³/mol. The Kier molecular flexibility index (Phi) is 2.02. The molecule has 1 unspecified atom stereocenters. The number of halogens is 1. The van der Waals surface area contributed by atoms with Crippen molar-refractivity contribution in [1.82, 2.24) is 5.32 Å². The first-order valence-electron chi connectivity index (χ1n) is 5.17. The molecule has 0 spiro atoms. The highest BCUT2D eigenvalue weighted by Crippen LogP contribution is 2.38. The minimum absolute atomic E-state index is 0.119. The normalized spacial score (nSPS) is 23.4. The standard InChI is InChI=1S/C11H12FNO2/c12-8-4-7(9-2-1-3-13-9)5-10-11(8)15-6-14-10/h4-5,9,13H,1-3,6H2. The van der Waals surface area contributed by atoms with Crippen LogP contribution in [0, 0.1) is 5.82 Å². The number of ether oxygens (including phenoxy) is 2. The third-order valence-corrected chi connectivity index (χ3v) is 2.91. The van der Waals surface area contributed by atoms with Crippen molar-refractivity contribution in [2.24, 2.45) is 0 Å². The summed E-state index contributed by atoms with van der Waals surface area (Å²) in [5.74, 6) is 0.448.